The maximum Gasteiger partial charge on any atom is 0.274 e. The molecule has 1 aromatic heterocycles. The van der Waals surface area contributed by atoms with Gasteiger partial charge in [0.2, 0.25) is 0 Å². The van der Waals surface area contributed by atoms with Gasteiger partial charge in [-0.3, -0.25) is 4.79 Å². The molecule has 0 radical (unpaired) electrons. The number of benzene rings is 1. The Morgan fingerprint density at radius 3 is 2.80 bits per heavy atom. The highest BCUT2D eigenvalue weighted by Crippen LogP contribution is 2.46. The van der Waals surface area contributed by atoms with Crippen molar-refractivity contribution in [2.75, 3.05) is 13.1 Å². The number of carbonyl (C=O) groups is 1. The van der Waals surface area contributed by atoms with Gasteiger partial charge in [-0.2, -0.15) is 0 Å². The van der Waals surface area contributed by atoms with Crippen LogP contribution in [0.5, 0.6) is 0 Å². The number of hydrogen-bond donors (Lipinski definition) is 2. The lowest BCUT2D eigenvalue weighted by molar-refractivity contribution is 0.0925. The van der Waals surface area contributed by atoms with Crippen LogP contribution in [0.3, 0.4) is 0 Å². The molecule has 2 aliphatic rings. The molecule has 7 heteroatoms. The summed E-state index contributed by atoms with van der Waals surface area (Å²) in [5.74, 6) is -0.157. The standard InChI is InChI=1S/C18H22ClN5O/c1-12-16(22-23-24(12)15-5-9-20-10-6-15)17(25)21-18(7-8-18)13-3-2-4-14(19)11-13/h2-4,11,15,20H,5-10H2,1H3,(H,21,25). The molecule has 1 saturated heterocycles. The van der Waals surface area contributed by atoms with E-state index in [9.17, 15) is 4.79 Å². The minimum Gasteiger partial charge on any atom is -0.341 e. The zero-order valence-electron chi connectivity index (χ0n) is 14.3. The molecule has 6 nitrogen and oxygen atoms in total. The first-order valence-electron chi connectivity index (χ1n) is 8.80. The van der Waals surface area contributed by atoms with Gasteiger partial charge in [-0.25, -0.2) is 4.68 Å². The first-order valence-corrected chi connectivity index (χ1v) is 9.18. The number of aromatic nitrogens is 3. The molecule has 2 N–H and O–H groups in total. The van der Waals surface area contributed by atoms with Gasteiger partial charge in [0.1, 0.15) is 0 Å². The summed E-state index contributed by atoms with van der Waals surface area (Å²) in [5, 5.41) is 15.6. The number of nitrogens with one attached hydrogen (secondary N) is 2. The van der Waals surface area contributed by atoms with Crippen molar-refractivity contribution in [2.45, 2.75) is 44.2 Å². The minimum atomic E-state index is -0.313. The molecule has 25 heavy (non-hydrogen) atoms. The number of amides is 1. The Bertz CT molecular complexity index is 793. The molecule has 1 aromatic carbocycles. The van der Waals surface area contributed by atoms with E-state index in [-0.39, 0.29) is 11.4 Å². The maximum absolute atomic E-state index is 12.8. The smallest absolute Gasteiger partial charge is 0.274 e. The van der Waals surface area contributed by atoms with Crippen LogP contribution in [-0.2, 0) is 5.54 Å². The Kier molecular flexibility index (Phi) is 4.25. The van der Waals surface area contributed by atoms with Crippen molar-refractivity contribution in [2.24, 2.45) is 0 Å². The number of rotatable bonds is 4. The summed E-state index contributed by atoms with van der Waals surface area (Å²) < 4.78 is 1.91. The van der Waals surface area contributed by atoms with Crippen LogP contribution in [-0.4, -0.2) is 34.0 Å². The molecule has 1 amide bonds. The molecule has 2 fully saturated rings. The molecule has 4 rings (SSSR count). The maximum atomic E-state index is 12.8. The first-order chi connectivity index (χ1) is 12.1. The molecule has 2 aromatic rings. The molecule has 1 aliphatic carbocycles. The van der Waals surface area contributed by atoms with Gasteiger partial charge in [-0.05, 0) is 63.4 Å². The molecular formula is C18H22ClN5O. The number of nitrogens with zero attached hydrogens (tertiary/aromatic N) is 3. The van der Waals surface area contributed by atoms with Crippen molar-refractivity contribution in [3.8, 4) is 0 Å². The fraction of sp³-hybridized carbons (Fsp3) is 0.500. The molecule has 0 spiro atoms. The summed E-state index contributed by atoms with van der Waals surface area (Å²) in [7, 11) is 0. The van der Waals surface area contributed by atoms with Gasteiger partial charge in [-0.1, -0.05) is 28.9 Å². The van der Waals surface area contributed by atoms with Gasteiger partial charge in [0.05, 0.1) is 17.3 Å². The van der Waals surface area contributed by atoms with E-state index in [1.54, 1.807) is 0 Å². The van der Waals surface area contributed by atoms with Gasteiger partial charge in [0.25, 0.3) is 5.91 Å². The average Bonchev–Trinajstić information content (AvgIpc) is 3.30. The van der Waals surface area contributed by atoms with E-state index >= 15 is 0 Å². The molecule has 0 unspecified atom stereocenters. The molecule has 1 aliphatic heterocycles. The van der Waals surface area contributed by atoms with Gasteiger partial charge in [0, 0.05) is 5.02 Å². The van der Waals surface area contributed by atoms with Crippen LogP contribution in [0.4, 0.5) is 0 Å². The van der Waals surface area contributed by atoms with Gasteiger partial charge in [-0.15, -0.1) is 5.10 Å². The van der Waals surface area contributed by atoms with Crippen LogP contribution in [0.1, 0.15) is 53.5 Å². The molecule has 0 bridgehead atoms. The monoisotopic (exact) mass is 359 g/mol. The summed E-state index contributed by atoms with van der Waals surface area (Å²) in [5.41, 5.74) is 2.00. The third-order valence-electron chi connectivity index (χ3n) is 5.28. The Morgan fingerprint density at radius 2 is 2.12 bits per heavy atom. The van der Waals surface area contributed by atoms with Crippen molar-refractivity contribution in [3.63, 3.8) is 0 Å². The average molecular weight is 360 g/mol. The van der Waals surface area contributed by atoms with Crippen LogP contribution in [0.25, 0.3) is 0 Å². The van der Waals surface area contributed by atoms with E-state index in [1.165, 1.54) is 0 Å². The third kappa shape index (κ3) is 3.16. The summed E-state index contributed by atoms with van der Waals surface area (Å²) in [6, 6.07) is 8.02. The largest absolute Gasteiger partial charge is 0.341 e. The van der Waals surface area contributed by atoms with Gasteiger partial charge in [0.15, 0.2) is 5.69 Å². The Labute approximate surface area is 151 Å². The highest BCUT2D eigenvalue weighted by atomic mass is 35.5. The fourth-order valence-corrected chi connectivity index (χ4v) is 3.81. The van der Waals surface area contributed by atoms with E-state index in [0.29, 0.717) is 16.8 Å². The Balaban J connectivity index is 1.53. The van der Waals surface area contributed by atoms with Crippen LogP contribution in [0.2, 0.25) is 5.02 Å². The fourth-order valence-electron chi connectivity index (χ4n) is 3.62. The van der Waals surface area contributed by atoms with Crippen LogP contribution < -0.4 is 10.6 Å². The summed E-state index contributed by atoms with van der Waals surface area (Å²) in [6.45, 7) is 3.88. The Morgan fingerprint density at radius 1 is 1.36 bits per heavy atom. The second-order valence-corrected chi connectivity index (χ2v) is 7.43. The van der Waals surface area contributed by atoms with Crippen LogP contribution >= 0.6 is 11.6 Å². The summed E-state index contributed by atoms with van der Waals surface area (Å²) in [4.78, 5) is 12.8. The number of hydrogen-bond acceptors (Lipinski definition) is 4. The molecule has 0 atom stereocenters. The van der Waals surface area contributed by atoms with Crippen molar-refractivity contribution in [1.82, 2.24) is 25.6 Å². The predicted molar refractivity (Wildman–Crippen MR) is 95.7 cm³/mol. The first kappa shape index (κ1) is 16.5. The van der Waals surface area contributed by atoms with E-state index in [1.807, 2.05) is 35.9 Å². The van der Waals surface area contributed by atoms with Crippen LogP contribution in [0, 0.1) is 6.92 Å². The SMILES string of the molecule is Cc1c(C(=O)NC2(c3cccc(Cl)c3)CC2)nnn1C1CCNCC1. The van der Waals surface area contributed by atoms with Crippen molar-refractivity contribution < 1.29 is 4.79 Å². The van der Waals surface area contributed by atoms with Gasteiger partial charge >= 0.3 is 0 Å². The normalized spacial score (nSPS) is 19.6. The highest BCUT2D eigenvalue weighted by Gasteiger charge is 2.46. The quantitative estimate of drug-likeness (QED) is 0.880. The third-order valence-corrected chi connectivity index (χ3v) is 5.51. The molecule has 2 heterocycles. The lowest BCUT2D eigenvalue weighted by Gasteiger charge is -2.23. The predicted octanol–water partition coefficient (Wildman–Crippen LogP) is 2.58. The topological polar surface area (TPSA) is 71.8 Å². The minimum absolute atomic E-state index is 0.157. The lowest BCUT2D eigenvalue weighted by atomic mass is 10.0. The number of halogens is 1. The zero-order valence-corrected chi connectivity index (χ0v) is 15.0. The number of piperidine rings is 1. The molecule has 132 valence electrons. The zero-order chi connectivity index (χ0) is 17.4. The highest BCUT2D eigenvalue weighted by molar-refractivity contribution is 6.30. The van der Waals surface area contributed by atoms with Crippen molar-refractivity contribution in [3.05, 3.63) is 46.2 Å². The lowest BCUT2D eigenvalue weighted by Crippen LogP contribution is -2.35. The van der Waals surface area contributed by atoms with E-state index < -0.39 is 0 Å². The summed E-state index contributed by atoms with van der Waals surface area (Å²) in [6.07, 6.45) is 3.86. The van der Waals surface area contributed by atoms with Crippen molar-refractivity contribution >= 4 is 17.5 Å². The van der Waals surface area contributed by atoms with Gasteiger partial charge < -0.3 is 10.6 Å². The second-order valence-electron chi connectivity index (χ2n) is 7.00. The van der Waals surface area contributed by atoms with E-state index in [2.05, 4.69) is 20.9 Å². The summed E-state index contributed by atoms with van der Waals surface area (Å²) >= 11 is 6.10. The Hall–Kier alpha value is -1.92. The van der Waals surface area contributed by atoms with E-state index in [0.717, 1.165) is 50.0 Å². The number of carbonyl (C=O) groups excluding carboxylic acids is 1. The molecule has 1 saturated carbocycles. The van der Waals surface area contributed by atoms with Crippen molar-refractivity contribution in [1.29, 1.82) is 0 Å². The molecular weight excluding hydrogens is 338 g/mol. The van der Waals surface area contributed by atoms with E-state index in [4.69, 9.17) is 11.6 Å². The van der Waals surface area contributed by atoms with Crippen LogP contribution in [0.15, 0.2) is 24.3 Å². The second kappa shape index (κ2) is 6.42.